The molecule has 0 spiro atoms. The predicted molar refractivity (Wildman–Crippen MR) is 64.3 cm³/mol. The molecule has 1 aliphatic rings. The van der Waals surface area contributed by atoms with Gasteiger partial charge >= 0.3 is 6.18 Å². The molecule has 1 aromatic rings. The van der Waals surface area contributed by atoms with Crippen LogP contribution in [-0.2, 0) is 12.8 Å². The average Bonchev–Trinajstić information content (AvgIpc) is 2.79. The van der Waals surface area contributed by atoms with E-state index in [0.29, 0.717) is 11.6 Å². The number of pyridine rings is 1. The van der Waals surface area contributed by atoms with E-state index < -0.39 is 12.6 Å². The van der Waals surface area contributed by atoms with Crippen LogP contribution < -0.4 is 0 Å². The number of aryl methyl sites for hydroxylation is 1. The summed E-state index contributed by atoms with van der Waals surface area (Å²) in [6, 6.07) is 3.76. The lowest BCUT2D eigenvalue weighted by atomic mass is 9.98. The van der Waals surface area contributed by atoms with Crippen LogP contribution >= 0.6 is 0 Å². The van der Waals surface area contributed by atoms with Gasteiger partial charge in [0.05, 0.1) is 0 Å². The van der Waals surface area contributed by atoms with Crippen LogP contribution in [0.15, 0.2) is 18.3 Å². The Hall–Kier alpha value is -1.06. The van der Waals surface area contributed by atoms with Crippen LogP contribution in [0.25, 0.3) is 0 Å². The average molecular weight is 257 g/mol. The van der Waals surface area contributed by atoms with Crippen molar-refractivity contribution in [1.82, 2.24) is 4.98 Å². The lowest BCUT2D eigenvalue weighted by Gasteiger charge is -2.10. The maximum atomic E-state index is 12.1. The predicted octanol–water partition coefficient (Wildman–Crippen LogP) is 4.31. The first-order chi connectivity index (χ1) is 8.53. The number of aromatic nitrogens is 1. The van der Waals surface area contributed by atoms with Crippen molar-refractivity contribution in [3.8, 4) is 0 Å². The summed E-state index contributed by atoms with van der Waals surface area (Å²) in [5.41, 5.74) is 1.69. The first kappa shape index (κ1) is 13.4. The zero-order chi connectivity index (χ0) is 13.0. The molecule has 0 unspecified atom stereocenters. The van der Waals surface area contributed by atoms with Gasteiger partial charge in [-0.25, -0.2) is 0 Å². The van der Waals surface area contributed by atoms with E-state index in [1.807, 2.05) is 12.1 Å². The lowest BCUT2D eigenvalue weighted by Crippen LogP contribution is -2.09. The van der Waals surface area contributed by atoms with Crippen molar-refractivity contribution in [3.05, 3.63) is 29.6 Å². The Morgan fingerprint density at radius 2 is 1.94 bits per heavy atom. The molecule has 1 nitrogen and oxygen atoms in total. The van der Waals surface area contributed by atoms with Gasteiger partial charge in [-0.1, -0.05) is 25.7 Å². The summed E-state index contributed by atoms with van der Waals surface area (Å²) in [5.74, 6) is 0.711. The van der Waals surface area contributed by atoms with Gasteiger partial charge in [-0.3, -0.25) is 4.98 Å². The number of alkyl halides is 3. The van der Waals surface area contributed by atoms with E-state index >= 15 is 0 Å². The highest BCUT2D eigenvalue weighted by Gasteiger charge is 2.26. The summed E-state index contributed by atoms with van der Waals surface area (Å²) in [6.07, 6.45) is 2.81. The Morgan fingerprint density at radius 1 is 1.22 bits per heavy atom. The minimum atomic E-state index is -4.09. The number of rotatable bonds is 4. The molecule has 0 atom stereocenters. The molecular formula is C14H18F3N. The normalized spacial score (nSPS) is 17.3. The van der Waals surface area contributed by atoms with Gasteiger partial charge in [-0.05, 0) is 36.5 Å². The van der Waals surface area contributed by atoms with E-state index in [0.717, 1.165) is 12.0 Å². The Kier molecular flexibility index (Phi) is 4.25. The maximum Gasteiger partial charge on any atom is 0.389 e. The maximum absolute atomic E-state index is 12.1. The molecule has 0 aromatic carbocycles. The first-order valence-electron chi connectivity index (χ1n) is 6.53. The van der Waals surface area contributed by atoms with Crippen molar-refractivity contribution in [2.45, 2.75) is 51.1 Å². The van der Waals surface area contributed by atoms with Gasteiger partial charge in [0.2, 0.25) is 0 Å². The molecule has 4 heteroatoms. The van der Waals surface area contributed by atoms with E-state index in [9.17, 15) is 13.2 Å². The standard InChI is InChI=1S/C14H18F3N/c15-14(16,17)7-5-13-10-12(6-8-18-13)9-11-3-1-2-4-11/h6,8,10-11H,1-5,7,9H2. The second-order valence-corrected chi connectivity index (χ2v) is 5.13. The topological polar surface area (TPSA) is 12.9 Å². The van der Waals surface area contributed by atoms with Crippen LogP contribution in [0.2, 0.25) is 0 Å². The molecule has 0 amide bonds. The van der Waals surface area contributed by atoms with Crippen molar-refractivity contribution >= 4 is 0 Å². The monoisotopic (exact) mass is 257 g/mol. The zero-order valence-corrected chi connectivity index (χ0v) is 10.3. The molecule has 0 saturated heterocycles. The molecule has 1 saturated carbocycles. The van der Waals surface area contributed by atoms with Gasteiger partial charge in [-0.2, -0.15) is 13.2 Å². The summed E-state index contributed by atoms with van der Waals surface area (Å²) in [6.45, 7) is 0. The fourth-order valence-electron chi connectivity index (χ4n) is 2.61. The SMILES string of the molecule is FC(F)(F)CCc1cc(CC2CCCC2)ccn1. The molecule has 0 N–H and O–H groups in total. The summed E-state index contributed by atoms with van der Waals surface area (Å²) in [5, 5.41) is 0. The molecule has 18 heavy (non-hydrogen) atoms. The van der Waals surface area contributed by atoms with E-state index in [2.05, 4.69) is 4.98 Å². The summed E-state index contributed by atoms with van der Waals surface area (Å²) < 4.78 is 36.4. The molecule has 0 bridgehead atoms. The van der Waals surface area contributed by atoms with Crippen LogP contribution in [0, 0.1) is 5.92 Å². The smallest absolute Gasteiger partial charge is 0.261 e. The van der Waals surface area contributed by atoms with E-state index in [1.165, 1.54) is 25.7 Å². The molecular weight excluding hydrogens is 239 g/mol. The molecule has 1 fully saturated rings. The molecule has 1 heterocycles. The van der Waals surface area contributed by atoms with Crippen LogP contribution in [0.5, 0.6) is 0 Å². The largest absolute Gasteiger partial charge is 0.389 e. The molecule has 1 aliphatic carbocycles. The Labute approximate surface area is 105 Å². The Bertz CT molecular complexity index is 381. The highest BCUT2D eigenvalue weighted by Crippen LogP contribution is 2.28. The number of halogens is 3. The highest BCUT2D eigenvalue weighted by molar-refractivity contribution is 5.17. The summed E-state index contributed by atoms with van der Waals surface area (Å²) >= 11 is 0. The van der Waals surface area contributed by atoms with Gasteiger partial charge in [-0.15, -0.1) is 0 Å². The van der Waals surface area contributed by atoms with Crippen molar-refractivity contribution < 1.29 is 13.2 Å². The van der Waals surface area contributed by atoms with Gasteiger partial charge < -0.3 is 0 Å². The van der Waals surface area contributed by atoms with Gasteiger partial charge in [0, 0.05) is 18.3 Å². The van der Waals surface area contributed by atoms with Crippen LogP contribution in [-0.4, -0.2) is 11.2 Å². The van der Waals surface area contributed by atoms with Gasteiger partial charge in [0.15, 0.2) is 0 Å². The summed E-state index contributed by atoms with van der Waals surface area (Å²) in [7, 11) is 0. The molecule has 2 rings (SSSR count). The lowest BCUT2D eigenvalue weighted by molar-refractivity contribution is -0.134. The van der Waals surface area contributed by atoms with E-state index in [1.54, 1.807) is 6.20 Å². The minimum Gasteiger partial charge on any atom is -0.261 e. The Balaban J connectivity index is 1.92. The quantitative estimate of drug-likeness (QED) is 0.783. The van der Waals surface area contributed by atoms with Crippen molar-refractivity contribution in [2.24, 2.45) is 5.92 Å². The molecule has 0 radical (unpaired) electrons. The fourth-order valence-corrected chi connectivity index (χ4v) is 2.61. The third-order valence-electron chi connectivity index (χ3n) is 3.54. The third kappa shape index (κ3) is 4.31. The van der Waals surface area contributed by atoms with Crippen molar-refractivity contribution in [1.29, 1.82) is 0 Å². The van der Waals surface area contributed by atoms with Crippen LogP contribution in [0.4, 0.5) is 13.2 Å². The number of hydrogen-bond donors (Lipinski definition) is 0. The minimum absolute atomic E-state index is 0.0119. The number of nitrogens with zero attached hydrogens (tertiary/aromatic N) is 1. The van der Waals surface area contributed by atoms with Crippen LogP contribution in [0.3, 0.4) is 0 Å². The number of hydrogen-bond acceptors (Lipinski definition) is 1. The molecule has 0 aliphatic heterocycles. The highest BCUT2D eigenvalue weighted by atomic mass is 19.4. The van der Waals surface area contributed by atoms with Crippen molar-refractivity contribution in [3.63, 3.8) is 0 Å². The van der Waals surface area contributed by atoms with E-state index in [-0.39, 0.29) is 6.42 Å². The molecule has 1 aromatic heterocycles. The molecule has 100 valence electrons. The third-order valence-corrected chi connectivity index (χ3v) is 3.54. The first-order valence-corrected chi connectivity index (χ1v) is 6.53. The fraction of sp³-hybridized carbons (Fsp3) is 0.643. The van der Waals surface area contributed by atoms with Gasteiger partial charge in [0.1, 0.15) is 0 Å². The Morgan fingerprint density at radius 3 is 2.61 bits per heavy atom. The second-order valence-electron chi connectivity index (χ2n) is 5.13. The second kappa shape index (κ2) is 5.72. The van der Waals surface area contributed by atoms with Gasteiger partial charge in [0.25, 0.3) is 0 Å². The van der Waals surface area contributed by atoms with E-state index in [4.69, 9.17) is 0 Å². The van der Waals surface area contributed by atoms with Crippen molar-refractivity contribution in [2.75, 3.05) is 0 Å². The summed E-state index contributed by atoms with van der Waals surface area (Å²) in [4.78, 5) is 4.02. The van der Waals surface area contributed by atoms with Crippen LogP contribution in [0.1, 0.15) is 43.4 Å². The zero-order valence-electron chi connectivity index (χ0n) is 10.3.